The van der Waals surface area contributed by atoms with Crippen LogP contribution in [-0.2, 0) is 0 Å². The van der Waals surface area contributed by atoms with Crippen molar-refractivity contribution in [1.29, 1.82) is 0 Å². The third-order valence-corrected chi connectivity index (χ3v) is 2.63. The van der Waals surface area contributed by atoms with E-state index >= 15 is 0 Å². The van der Waals surface area contributed by atoms with Crippen LogP contribution in [0.25, 0.3) is 0 Å². The van der Waals surface area contributed by atoms with Crippen molar-refractivity contribution in [3.8, 4) is 0 Å². The summed E-state index contributed by atoms with van der Waals surface area (Å²) < 4.78 is 31.6. The molecule has 2 rings (SSSR count). The Kier molecular flexibility index (Phi) is 3.59. The van der Waals surface area contributed by atoms with Crippen molar-refractivity contribution in [2.24, 2.45) is 0 Å². The van der Waals surface area contributed by atoms with E-state index in [0.717, 1.165) is 12.3 Å². The van der Waals surface area contributed by atoms with Crippen LogP contribution in [0.5, 0.6) is 0 Å². The standard InChI is InChI=1S/C13H12F2N2O2/c1-7-3-4-10(19-7)8(2)17-13(18)9-5-6-16-12(15)11(9)14/h3-6,8H,1-2H3,(H,17,18). The highest BCUT2D eigenvalue weighted by atomic mass is 19.2. The molecular formula is C13H12F2N2O2. The summed E-state index contributed by atoms with van der Waals surface area (Å²) in [5.41, 5.74) is -0.386. The summed E-state index contributed by atoms with van der Waals surface area (Å²) in [5, 5.41) is 2.53. The van der Waals surface area contributed by atoms with Gasteiger partial charge in [0.1, 0.15) is 11.5 Å². The van der Waals surface area contributed by atoms with Crippen molar-refractivity contribution in [1.82, 2.24) is 10.3 Å². The van der Waals surface area contributed by atoms with Crippen molar-refractivity contribution in [3.63, 3.8) is 0 Å². The number of rotatable bonds is 3. The van der Waals surface area contributed by atoms with Crippen molar-refractivity contribution in [3.05, 3.63) is 53.2 Å². The molecule has 0 fully saturated rings. The predicted octanol–water partition coefficient (Wildman–Crippen LogP) is 2.75. The molecule has 100 valence electrons. The topological polar surface area (TPSA) is 55.1 Å². The fourth-order valence-corrected chi connectivity index (χ4v) is 1.63. The Balaban J connectivity index is 2.15. The summed E-state index contributed by atoms with van der Waals surface area (Å²) in [6, 6.07) is 4.14. The van der Waals surface area contributed by atoms with E-state index in [-0.39, 0.29) is 5.56 Å². The molecule has 1 amide bonds. The quantitative estimate of drug-likeness (QED) is 0.869. The lowest BCUT2D eigenvalue weighted by molar-refractivity contribution is 0.0929. The maximum Gasteiger partial charge on any atom is 0.255 e. The Hall–Kier alpha value is -2.24. The molecule has 0 aliphatic rings. The van der Waals surface area contributed by atoms with Gasteiger partial charge in [-0.25, -0.2) is 9.37 Å². The first-order valence-corrected chi connectivity index (χ1v) is 5.66. The molecule has 6 heteroatoms. The fourth-order valence-electron chi connectivity index (χ4n) is 1.63. The van der Waals surface area contributed by atoms with Crippen molar-refractivity contribution >= 4 is 5.91 Å². The second-order valence-corrected chi connectivity index (χ2v) is 4.11. The minimum absolute atomic E-state index is 0.386. The lowest BCUT2D eigenvalue weighted by Crippen LogP contribution is -2.27. The van der Waals surface area contributed by atoms with Crippen LogP contribution < -0.4 is 5.32 Å². The molecule has 4 nitrogen and oxygen atoms in total. The minimum Gasteiger partial charge on any atom is -0.464 e. The number of hydrogen-bond acceptors (Lipinski definition) is 3. The van der Waals surface area contributed by atoms with Gasteiger partial charge in [0, 0.05) is 6.20 Å². The number of nitrogens with one attached hydrogen (secondary N) is 1. The van der Waals surface area contributed by atoms with Crippen LogP contribution in [-0.4, -0.2) is 10.9 Å². The van der Waals surface area contributed by atoms with E-state index in [1.54, 1.807) is 26.0 Å². The zero-order valence-electron chi connectivity index (χ0n) is 10.4. The van der Waals surface area contributed by atoms with E-state index in [0.29, 0.717) is 11.5 Å². The number of aryl methyl sites for hydroxylation is 1. The molecule has 0 radical (unpaired) electrons. The second-order valence-electron chi connectivity index (χ2n) is 4.11. The summed E-state index contributed by atoms with van der Waals surface area (Å²) in [6.07, 6.45) is 1.04. The molecule has 2 heterocycles. The maximum atomic E-state index is 13.4. The number of aromatic nitrogens is 1. The molecule has 0 bridgehead atoms. The van der Waals surface area contributed by atoms with Gasteiger partial charge in [-0.2, -0.15) is 4.39 Å². The lowest BCUT2D eigenvalue weighted by atomic mass is 10.2. The first-order valence-electron chi connectivity index (χ1n) is 5.66. The van der Waals surface area contributed by atoms with Crippen LogP contribution in [0.3, 0.4) is 0 Å². The van der Waals surface area contributed by atoms with E-state index < -0.39 is 23.7 Å². The highest BCUT2D eigenvalue weighted by molar-refractivity contribution is 5.94. The maximum absolute atomic E-state index is 13.4. The summed E-state index contributed by atoms with van der Waals surface area (Å²) in [4.78, 5) is 14.9. The number of carbonyl (C=O) groups is 1. The number of carbonyl (C=O) groups excluding carboxylic acids is 1. The molecule has 0 saturated carbocycles. The summed E-state index contributed by atoms with van der Waals surface area (Å²) in [5.74, 6) is -2.03. The number of furan rings is 1. The van der Waals surface area contributed by atoms with E-state index in [1.807, 2.05) is 0 Å². The van der Waals surface area contributed by atoms with Gasteiger partial charge >= 0.3 is 0 Å². The Bertz CT molecular complexity index is 610. The molecule has 19 heavy (non-hydrogen) atoms. The minimum atomic E-state index is -1.30. The number of halogens is 2. The number of hydrogen-bond donors (Lipinski definition) is 1. The molecule has 1 unspecified atom stereocenters. The van der Waals surface area contributed by atoms with Crippen molar-refractivity contribution < 1.29 is 18.0 Å². The Morgan fingerprint density at radius 2 is 2.11 bits per heavy atom. The van der Waals surface area contributed by atoms with E-state index in [9.17, 15) is 13.6 Å². The summed E-state index contributed by atoms with van der Waals surface area (Å²) in [7, 11) is 0. The van der Waals surface area contributed by atoms with Crippen LogP contribution in [0.4, 0.5) is 8.78 Å². The van der Waals surface area contributed by atoms with Gasteiger partial charge in [-0.15, -0.1) is 0 Å². The van der Waals surface area contributed by atoms with Gasteiger partial charge in [0.05, 0.1) is 11.6 Å². The third kappa shape index (κ3) is 2.78. The van der Waals surface area contributed by atoms with Gasteiger partial charge in [-0.3, -0.25) is 4.79 Å². The second kappa shape index (κ2) is 5.17. The first kappa shape index (κ1) is 13.2. The Morgan fingerprint density at radius 3 is 2.74 bits per heavy atom. The molecule has 2 aromatic heterocycles. The van der Waals surface area contributed by atoms with Gasteiger partial charge in [0.25, 0.3) is 5.91 Å². The van der Waals surface area contributed by atoms with Crippen LogP contribution in [0.2, 0.25) is 0 Å². The van der Waals surface area contributed by atoms with Crippen molar-refractivity contribution in [2.45, 2.75) is 19.9 Å². The number of nitrogens with zero attached hydrogens (tertiary/aromatic N) is 1. The molecule has 1 N–H and O–H groups in total. The largest absolute Gasteiger partial charge is 0.464 e. The van der Waals surface area contributed by atoms with Crippen LogP contribution in [0.1, 0.15) is 34.8 Å². The highest BCUT2D eigenvalue weighted by Crippen LogP contribution is 2.17. The van der Waals surface area contributed by atoms with Crippen LogP contribution in [0.15, 0.2) is 28.8 Å². The molecule has 2 aromatic rings. The van der Waals surface area contributed by atoms with Gasteiger partial charge < -0.3 is 9.73 Å². The SMILES string of the molecule is Cc1ccc(C(C)NC(=O)c2ccnc(F)c2F)o1. The number of pyridine rings is 1. The third-order valence-electron chi connectivity index (χ3n) is 2.63. The predicted molar refractivity (Wildman–Crippen MR) is 63.5 cm³/mol. The first-order chi connectivity index (χ1) is 8.99. The zero-order valence-corrected chi connectivity index (χ0v) is 10.4. The molecule has 1 atom stereocenters. The lowest BCUT2D eigenvalue weighted by Gasteiger charge is -2.11. The average molecular weight is 266 g/mol. The van der Waals surface area contributed by atoms with Crippen LogP contribution in [0, 0.1) is 18.7 Å². The average Bonchev–Trinajstić information content (AvgIpc) is 2.79. The molecular weight excluding hydrogens is 254 g/mol. The van der Waals surface area contributed by atoms with Gasteiger partial charge in [0.15, 0.2) is 5.82 Å². The molecule has 0 spiro atoms. The summed E-state index contributed by atoms with van der Waals surface area (Å²) in [6.45, 7) is 3.46. The van der Waals surface area contributed by atoms with Crippen LogP contribution >= 0.6 is 0 Å². The summed E-state index contributed by atoms with van der Waals surface area (Å²) >= 11 is 0. The fraction of sp³-hybridized carbons (Fsp3) is 0.231. The smallest absolute Gasteiger partial charge is 0.255 e. The van der Waals surface area contributed by atoms with E-state index in [1.165, 1.54) is 0 Å². The van der Waals surface area contributed by atoms with Gasteiger partial charge in [0.2, 0.25) is 5.95 Å². The normalized spacial score (nSPS) is 12.2. The Morgan fingerprint density at radius 1 is 1.37 bits per heavy atom. The molecule has 0 aliphatic carbocycles. The van der Waals surface area contributed by atoms with Gasteiger partial charge in [-0.1, -0.05) is 0 Å². The molecule has 0 aromatic carbocycles. The van der Waals surface area contributed by atoms with E-state index in [2.05, 4.69) is 10.3 Å². The monoisotopic (exact) mass is 266 g/mol. The Labute approximate surface area is 108 Å². The molecule has 0 saturated heterocycles. The zero-order chi connectivity index (χ0) is 14.0. The molecule has 0 aliphatic heterocycles. The van der Waals surface area contributed by atoms with Gasteiger partial charge in [-0.05, 0) is 32.0 Å². The van der Waals surface area contributed by atoms with Crippen molar-refractivity contribution in [2.75, 3.05) is 0 Å². The van der Waals surface area contributed by atoms with E-state index in [4.69, 9.17) is 4.42 Å². The number of amides is 1. The highest BCUT2D eigenvalue weighted by Gasteiger charge is 2.19.